The molecule has 16 heavy (non-hydrogen) atoms. The average Bonchev–Trinajstić information content (AvgIpc) is 2.27. The predicted octanol–water partition coefficient (Wildman–Crippen LogP) is 2.83. The fraction of sp³-hybridized carbons (Fsp3) is 0.769. The lowest BCUT2D eigenvalue weighted by molar-refractivity contribution is -0.142. The maximum atomic E-state index is 10.8. The lowest BCUT2D eigenvalue weighted by atomic mass is 10.1. The topological polar surface area (TPSA) is 46.5 Å². The van der Waals surface area contributed by atoms with E-state index >= 15 is 0 Å². The molecule has 0 saturated heterocycles. The van der Waals surface area contributed by atoms with E-state index in [1.54, 1.807) is 0 Å². The molecule has 1 N–H and O–H groups in total. The zero-order chi connectivity index (χ0) is 12.2. The Balaban J connectivity index is 3.40. The molecular formula is C13H24O3. The number of aliphatic hydroxyl groups is 1. The van der Waals surface area contributed by atoms with Crippen molar-refractivity contribution in [1.82, 2.24) is 0 Å². The van der Waals surface area contributed by atoms with Crippen LogP contribution in [0.5, 0.6) is 0 Å². The summed E-state index contributed by atoms with van der Waals surface area (Å²) in [6.07, 6.45) is 10.1. The third-order valence-corrected chi connectivity index (χ3v) is 2.43. The van der Waals surface area contributed by atoms with Crippen molar-refractivity contribution in [3.05, 3.63) is 12.2 Å². The molecule has 0 aromatic carbocycles. The molecule has 0 rings (SSSR count). The van der Waals surface area contributed by atoms with E-state index in [1.165, 1.54) is 32.8 Å². The van der Waals surface area contributed by atoms with Crippen molar-refractivity contribution in [2.75, 3.05) is 7.11 Å². The third kappa shape index (κ3) is 9.71. The molecule has 0 heterocycles. The van der Waals surface area contributed by atoms with E-state index in [0.717, 1.165) is 6.42 Å². The Hall–Kier alpha value is -0.830. The minimum absolute atomic E-state index is 0.0800. The van der Waals surface area contributed by atoms with E-state index in [9.17, 15) is 9.90 Å². The van der Waals surface area contributed by atoms with Crippen LogP contribution in [0.1, 0.15) is 51.9 Å². The average molecular weight is 228 g/mol. The Kier molecular flexibility index (Phi) is 10.1. The Morgan fingerprint density at radius 2 is 2.06 bits per heavy atom. The second kappa shape index (κ2) is 10.7. The van der Waals surface area contributed by atoms with Gasteiger partial charge in [0.2, 0.25) is 0 Å². The van der Waals surface area contributed by atoms with Crippen LogP contribution in [0.3, 0.4) is 0 Å². The Morgan fingerprint density at radius 1 is 1.31 bits per heavy atom. The number of hydrogen-bond donors (Lipinski definition) is 1. The van der Waals surface area contributed by atoms with Gasteiger partial charge >= 0.3 is 5.97 Å². The van der Waals surface area contributed by atoms with Crippen LogP contribution in [0, 0.1) is 0 Å². The normalized spacial score (nSPS) is 12.9. The molecule has 1 unspecified atom stereocenters. The number of aliphatic hydroxyl groups excluding tert-OH is 1. The molecule has 0 spiro atoms. The summed E-state index contributed by atoms with van der Waals surface area (Å²) in [6.45, 7) is 2.19. The van der Waals surface area contributed by atoms with Gasteiger partial charge in [-0.25, -0.2) is 0 Å². The number of hydrogen-bond acceptors (Lipinski definition) is 3. The van der Waals surface area contributed by atoms with Gasteiger partial charge in [-0.15, -0.1) is 0 Å². The number of rotatable bonds is 9. The predicted molar refractivity (Wildman–Crippen MR) is 65.2 cm³/mol. The van der Waals surface area contributed by atoms with Crippen molar-refractivity contribution >= 4 is 5.97 Å². The smallest absolute Gasteiger partial charge is 0.308 e. The highest BCUT2D eigenvalue weighted by Crippen LogP contribution is 2.05. The largest absolute Gasteiger partial charge is 0.469 e. The molecule has 0 aromatic heterocycles. The molecule has 3 heteroatoms. The second-order valence-electron chi connectivity index (χ2n) is 3.99. The molecule has 0 aliphatic heterocycles. The maximum absolute atomic E-state index is 10.8. The van der Waals surface area contributed by atoms with E-state index in [4.69, 9.17) is 0 Å². The summed E-state index contributed by atoms with van der Waals surface area (Å²) >= 11 is 0. The highest BCUT2D eigenvalue weighted by atomic mass is 16.5. The first-order valence-electron chi connectivity index (χ1n) is 6.10. The summed E-state index contributed by atoms with van der Waals surface area (Å²) in [5.41, 5.74) is 0. The second-order valence-corrected chi connectivity index (χ2v) is 3.99. The molecule has 0 aliphatic carbocycles. The molecule has 0 bridgehead atoms. The van der Waals surface area contributed by atoms with Gasteiger partial charge in [-0.05, 0) is 19.3 Å². The fourth-order valence-corrected chi connectivity index (χ4v) is 1.42. The van der Waals surface area contributed by atoms with Crippen molar-refractivity contribution in [3.8, 4) is 0 Å². The van der Waals surface area contributed by atoms with Gasteiger partial charge < -0.3 is 9.84 Å². The molecule has 0 saturated carbocycles. The van der Waals surface area contributed by atoms with Crippen LogP contribution in [0.15, 0.2) is 12.2 Å². The zero-order valence-corrected chi connectivity index (χ0v) is 10.4. The van der Waals surface area contributed by atoms with Gasteiger partial charge in [0.1, 0.15) is 0 Å². The van der Waals surface area contributed by atoms with Crippen molar-refractivity contribution in [2.45, 2.75) is 58.0 Å². The van der Waals surface area contributed by atoms with Crippen LogP contribution in [0.2, 0.25) is 0 Å². The Morgan fingerprint density at radius 3 is 2.69 bits per heavy atom. The summed E-state index contributed by atoms with van der Waals surface area (Å²) < 4.78 is 4.47. The van der Waals surface area contributed by atoms with E-state index < -0.39 is 6.10 Å². The molecule has 0 amide bonds. The summed E-state index contributed by atoms with van der Waals surface area (Å²) in [6, 6.07) is 0. The highest BCUT2D eigenvalue weighted by Gasteiger charge is 2.08. The minimum Gasteiger partial charge on any atom is -0.469 e. The van der Waals surface area contributed by atoms with Gasteiger partial charge in [-0.3, -0.25) is 4.79 Å². The number of carbonyl (C=O) groups is 1. The lowest BCUT2D eigenvalue weighted by Crippen LogP contribution is -2.13. The SMILES string of the molecule is CCCCCC/C=C/CC(O)CC(=O)OC. The quantitative estimate of drug-likeness (QED) is 0.375. The number of methoxy groups -OCH3 is 1. The van der Waals surface area contributed by atoms with E-state index in [0.29, 0.717) is 6.42 Å². The van der Waals surface area contributed by atoms with Gasteiger partial charge in [0, 0.05) is 0 Å². The first-order chi connectivity index (χ1) is 7.70. The number of ether oxygens (including phenoxy) is 1. The first-order valence-corrected chi connectivity index (χ1v) is 6.10. The van der Waals surface area contributed by atoms with Gasteiger partial charge in [-0.1, -0.05) is 38.3 Å². The third-order valence-electron chi connectivity index (χ3n) is 2.43. The Bertz CT molecular complexity index is 199. The molecule has 0 radical (unpaired) electrons. The van der Waals surface area contributed by atoms with Crippen LogP contribution in [0.25, 0.3) is 0 Å². The van der Waals surface area contributed by atoms with Crippen molar-refractivity contribution in [2.24, 2.45) is 0 Å². The number of esters is 1. The molecule has 0 aliphatic rings. The monoisotopic (exact) mass is 228 g/mol. The van der Waals surface area contributed by atoms with E-state index in [2.05, 4.69) is 17.7 Å². The highest BCUT2D eigenvalue weighted by molar-refractivity contribution is 5.69. The minimum atomic E-state index is -0.612. The van der Waals surface area contributed by atoms with Crippen LogP contribution in [-0.4, -0.2) is 24.3 Å². The molecule has 0 aromatic rings. The van der Waals surface area contributed by atoms with Crippen LogP contribution < -0.4 is 0 Å². The fourth-order valence-electron chi connectivity index (χ4n) is 1.42. The van der Waals surface area contributed by atoms with Gasteiger partial charge in [0.15, 0.2) is 0 Å². The van der Waals surface area contributed by atoms with Crippen LogP contribution >= 0.6 is 0 Å². The summed E-state index contributed by atoms with van der Waals surface area (Å²) in [4.78, 5) is 10.8. The van der Waals surface area contributed by atoms with Gasteiger partial charge in [0.25, 0.3) is 0 Å². The van der Waals surface area contributed by atoms with Crippen molar-refractivity contribution < 1.29 is 14.6 Å². The summed E-state index contributed by atoms with van der Waals surface area (Å²) in [5, 5.41) is 9.44. The molecular weight excluding hydrogens is 204 g/mol. The first kappa shape index (κ1) is 15.2. The molecule has 3 nitrogen and oxygen atoms in total. The molecule has 1 atom stereocenters. The van der Waals surface area contributed by atoms with Crippen LogP contribution in [-0.2, 0) is 9.53 Å². The maximum Gasteiger partial charge on any atom is 0.308 e. The number of unbranched alkanes of at least 4 members (excludes halogenated alkanes) is 4. The number of allylic oxidation sites excluding steroid dienone is 1. The van der Waals surface area contributed by atoms with E-state index in [1.807, 2.05) is 6.08 Å². The van der Waals surface area contributed by atoms with Crippen molar-refractivity contribution in [3.63, 3.8) is 0 Å². The van der Waals surface area contributed by atoms with Gasteiger partial charge in [-0.2, -0.15) is 0 Å². The standard InChI is InChI=1S/C13H24O3/c1-3-4-5-6-7-8-9-10-12(14)11-13(15)16-2/h8-9,12,14H,3-7,10-11H2,1-2H3/b9-8+. The van der Waals surface area contributed by atoms with E-state index in [-0.39, 0.29) is 12.4 Å². The van der Waals surface area contributed by atoms with Gasteiger partial charge in [0.05, 0.1) is 19.6 Å². The Labute approximate surface area is 98.5 Å². The van der Waals surface area contributed by atoms with Crippen LogP contribution in [0.4, 0.5) is 0 Å². The molecule has 94 valence electrons. The summed E-state index contributed by atoms with van der Waals surface area (Å²) in [5.74, 6) is -0.358. The summed E-state index contributed by atoms with van der Waals surface area (Å²) in [7, 11) is 1.33. The van der Waals surface area contributed by atoms with Crippen molar-refractivity contribution in [1.29, 1.82) is 0 Å². The zero-order valence-electron chi connectivity index (χ0n) is 10.4. The number of carbonyl (C=O) groups excluding carboxylic acids is 1. The molecule has 0 fully saturated rings. The lowest BCUT2D eigenvalue weighted by Gasteiger charge is -2.05.